The van der Waals surface area contributed by atoms with E-state index >= 15 is 0 Å². The zero-order valence-electron chi connectivity index (χ0n) is 16.4. The Bertz CT molecular complexity index is 968. The summed E-state index contributed by atoms with van der Waals surface area (Å²) in [6.45, 7) is 5.61. The number of hydrogen-bond acceptors (Lipinski definition) is 6. The predicted octanol–water partition coefficient (Wildman–Crippen LogP) is 2.87. The third-order valence-corrected chi connectivity index (χ3v) is 6.15. The summed E-state index contributed by atoms with van der Waals surface area (Å²) in [6.07, 6.45) is 2.02. The first kappa shape index (κ1) is 21.2. The maximum atomic E-state index is 11.6. The van der Waals surface area contributed by atoms with Crippen molar-refractivity contribution in [3.05, 3.63) is 63.7 Å². The van der Waals surface area contributed by atoms with E-state index in [0.717, 1.165) is 38.5 Å². The largest absolute Gasteiger partial charge is 0.385 e. The second-order valence-electron chi connectivity index (χ2n) is 7.60. The Kier molecular flexibility index (Phi) is 6.51. The van der Waals surface area contributed by atoms with Gasteiger partial charge < -0.3 is 5.32 Å². The number of piperidine rings is 1. The number of benzene rings is 2. The lowest BCUT2D eigenvalue weighted by Crippen LogP contribution is -2.35. The third kappa shape index (κ3) is 5.99. The summed E-state index contributed by atoms with van der Waals surface area (Å²) in [4.78, 5) is 12.6. The SMILES string of the molecule is Cc1ccc(CN2CCC(CNc3cc([N+](=O)[O-])cc(S(N)(=O)=O)c3)CC2)cc1. The normalized spacial score (nSPS) is 15.9. The fourth-order valence-electron chi connectivity index (χ4n) is 3.52. The van der Waals surface area contributed by atoms with Crippen molar-refractivity contribution in [1.29, 1.82) is 0 Å². The number of likely N-dealkylation sites (tertiary alicyclic amines) is 1. The highest BCUT2D eigenvalue weighted by molar-refractivity contribution is 7.89. The quantitative estimate of drug-likeness (QED) is 0.527. The summed E-state index contributed by atoms with van der Waals surface area (Å²) in [6, 6.07) is 12.2. The van der Waals surface area contributed by atoms with Crippen molar-refractivity contribution in [1.82, 2.24) is 4.90 Å². The van der Waals surface area contributed by atoms with Gasteiger partial charge in [-0.2, -0.15) is 0 Å². The maximum absolute atomic E-state index is 11.6. The molecule has 0 saturated carbocycles. The number of anilines is 1. The van der Waals surface area contributed by atoms with Crippen LogP contribution in [-0.2, 0) is 16.6 Å². The van der Waals surface area contributed by atoms with Crippen LogP contribution in [0.4, 0.5) is 11.4 Å². The maximum Gasteiger partial charge on any atom is 0.272 e. The van der Waals surface area contributed by atoms with Crippen LogP contribution < -0.4 is 10.5 Å². The van der Waals surface area contributed by atoms with E-state index in [1.54, 1.807) is 0 Å². The molecule has 0 aromatic heterocycles. The molecule has 0 unspecified atom stereocenters. The Morgan fingerprint density at radius 1 is 1.17 bits per heavy atom. The summed E-state index contributed by atoms with van der Waals surface area (Å²) in [7, 11) is -4.02. The van der Waals surface area contributed by atoms with E-state index in [0.29, 0.717) is 18.2 Å². The molecule has 1 saturated heterocycles. The molecule has 8 nitrogen and oxygen atoms in total. The molecular weight excluding hydrogens is 392 g/mol. The Morgan fingerprint density at radius 3 is 2.41 bits per heavy atom. The van der Waals surface area contributed by atoms with Gasteiger partial charge in [-0.1, -0.05) is 29.8 Å². The molecule has 1 heterocycles. The minimum absolute atomic E-state index is 0.262. The number of primary sulfonamides is 1. The van der Waals surface area contributed by atoms with Gasteiger partial charge in [0, 0.05) is 30.9 Å². The average Bonchev–Trinajstić information content (AvgIpc) is 2.68. The van der Waals surface area contributed by atoms with E-state index in [-0.39, 0.29) is 10.6 Å². The van der Waals surface area contributed by atoms with Gasteiger partial charge in [0.25, 0.3) is 5.69 Å². The van der Waals surface area contributed by atoms with Crippen LogP contribution in [-0.4, -0.2) is 37.9 Å². The molecule has 2 aromatic rings. The van der Waals surface area contributed by atoms with E-state index in [1.807, 2.05) is 0 Å². The summed E-state index contributed by atoms with van der Waals surface area (Å²) in [5.74, 6) is 0.418. The van der Waals surface area contributed by atoms with Crippen LogP contribution in [0.2, 0.25) is 0 Å². The molecule has 0 aliphatic carbocycles. The van der Waals surface area contributed by atoms with Gasteiger partial charge in [0.2, 0.25) is 10.0 Å². The second-order valence-corrected chi connectivity index (χ2v) is 9.17. The van der Waals surface area contributed by atoms with Gasteiger partial charge in [-0.3, -0.25) is 15.0 Å². The first-order valence-corrected chi connectivity index (χ1v) is 11.1. The minimum Gasteiger partial charge on any atom is -0.385 e. The molecule has 1 fully saturated rings. The van der Waals surface area contributed by atoms with Crippen LogP contribution in [0.15, 0.2) is 47.4 Å². The van der Waals surface area contributed by atoms with Crippen molar-refractivity contribution in [2.75, 3.05) is 25.0 Å². The van der Waals surface area contributed by atoms with Crippen molar-refractivity contribution in [2.45, 2.75) is 31.2 Å². The van der Waals surface area contributed by atoms with E-state index in [2.05, 4.69) is 41.4 Å². The third-order valence-electron chi connectivity index (χ3n) is 5.26. The van der Waals surface area contributed by atoms with Crippen molar-refractivity contribution in [2.24, 2.45) is 11.1 Å². The summed E-state index contributed by atoms with van der Waals surface area (Å²) >= 11 is 0. The fraction of sp³-hybridized carbons (Fsp3) is 0.400. The van der Waals surface area contributed by atoms with E-state index < -0.39 is 14.9 Å². The molecule has 2 aromatic carbocycles. The number of nitrogens with two attached hydrogens (primary N) is 1. The van der Waals surface area contributed by atoms with Gasteiger partial charge in [-0.25, -0.2) is 13.6 Å². The lowest BCUT2D eigenvalue weighted by atomic mass is 9.96. The van der Waals surface area contributed by atoms with Gasteiger partial charge in [0.05, 0.1) is 9.82 Å². The highest BCUT2D eigenvalue weighted by Gasteiger charge is 2.20. The Morgan fingerprint density at radius 2 is 1.83 bits per heavy atom. The van der Waals surface area contributed by atoms with E-state index in [9.17, 15) is 18.5 Å². The van der Waals surface area contributed by atoms with Crippen molar-refractivity contribution in [3.63, 3.8) is 0 Å². The first-order valence-electron chi connectivity index (χ1n) is 9.55. The minimum atomic E-state index is -4.02. The smallest absolute Gasteiger partial charge is 0.272 e. The van der Waals surface area contributed by atoms with E-state index in [1.165, 1.54) is 23.3 Å². The molecule has 156 valence electrons. The highest BCUT2D eigenvalue weighted by Crippen LogP contribution is 2.25. The summed E-state index contributed by atoms with van der Waals surface area (Å²) < 4.78 is 23.2. The summed E-state index contributed by atoms with van der Waals surface area (Å²) in [5, 5.41) is 19.4. The first-order chi connectivity index (χ1) is 13.7. The van der Waals surface area contributed by atoms with Crippen LogP contribution in [0.1, 0.15) is 24.0 Å². The Balaban J connectivity index is 1.55. The number of rotatable bonds is 7. The number of nitro groups is 1. The zero-order chi connectivity index (χ0) is 21.0. The molecule has 1 aliphatic heterocycles. The predicted molar refractivity (Wildman–Crippen MR) is 112 cm³/mol. The second kappa shape index (κ2) is 8.89. The number of nitro benzene ring substituents is 1. The van der Waals surface area contributed by atoms with E-state index in [4.69, 9.17) is 5.14 Å². The number of non-ortho nitro benzene ring substituents is 1. The lowest BCUT2D eigenvalue weighted by molar-refractivity contribution is -0.385. The zero-order valence-corrected chi connectivity index (χ0v) is 17.2. The van der Waals surface area contributed by atoms with Crippen LogP contribution in [0.25, 0.3) is 0 Å². The monoisotopic (exact) mass is 418 g/mol. The number of nitrogens with one attached hydrogen (secondary N) is 1. The summed E-state index contributed by atoms with van der Waals surface area (Å²) in [5.41, 5.74) is 2.65. The molecule has 0 radical (unpaired) electrons. The topological polar surface area (TPSA) is 119 Å². The number of nitrogens with zero attached hydrogens (tertiary/aromatic N) is 2. The standard InChI is InChI=1S/C20H26N4O4S/c1-15-2-4-17(5-3-15)14-23-8-6-16(7-9-23)13-22-18-10-19(24(25)26)12-20(11-18)29(21,27)28/h2-5,10-12,16,22H,6-9,13-14H2,1H3,(H2,21,27,28). The van der Waals surface area contributed by atoms with Gasteiger partial charge >= 0.3 is 0 Å². The van der Waals surface area contributed by atoms with Crippen LogP contribution in [0, 0.1) is 23.0 Å². The highest BCUT2D eigenvalue weighted by atomic mass is 32.2. The number of sulfonamides is 1. The van der Waals surface area contributed by atoms with Crippen molar-refractivity contribution >= 4 is 21.4 Å². The lowest BCUT2D eigenvalue weighted by Gasteiger charge is -2.32. The van der Waals surface area contributed by atoms with Crippen LogP contribution in [0.3, 0.4) is 0 Å². The Hall–Kier alpha value is -2.49. The molecule has 0 spiro atoms. The molecule has 0 amide bonds. The van der Waals surface area contributed by atoms with Crippen molar-refractivity contribution < 1.29 is 13.3 Å². The van der Waals surface area contributed by atoms with Gasteiger partial charge in [-0.05, 0) is 50.4 Å². The molecular formula is C20H26N4O4S. The molecule has 9 heteroatoms. The van der Waals surface area contributed by atoms with Gasteiger partial charge in [-0.15, -0.1) is 0 Å². The van der Waals surface area contributed by atoms with Crippen LogP contribution in [0.5, 0.6) is 0 Å². The fourth-order valence-corrected chi connectivity index (χ4v) is 4.09. The molecule has 29 heavy (non-hydrogen) atoms. The Labute approximate surface area is 170 Å². The van der Waals surface area contributed by atoms with Gasteiger partial charge in [0.1, 0.15) is 0 Å². The molecule has 0 atom stereocenters. The van der Waals surface area contributed by atoms with Crippen LogP contribution >= 0.6 is 0 Å². The number of aryl methyl sites for hydroxylation is 1. The molecule has 3 rings (SSSR count). The van der Waals surface area contributed by atoms with Gasteiger partial charge in [0.15, 0.2) is 0 Å². The molecule has 3 N–H and O–H groups in total. The van der Waals surface area contributed by atoms with Crippen molar-refractivity contribution in [3.8, 4) is 0 Å². The number of hydrogen-bond donors (Lipinski definition) is 2. The molecule has 0 bridgehead atoms. The average molecular weight is 419 g/mol. The molecule has 1 aliphatic rings.